The van der Waals surface area contributed by atoms with Crippen molar-refractivity contribution in [1.29, 1.82) is 0 Å². The summed E-state index contributed by atoms with van der Waals surface area (Å²) in [6.45, 7) is 4.60. The SMILES string of the molecule is CC1OC(C2(CCCn3c(=O)ccc4cccnc43)CCNCC2)O1. The van der Waals surface area contributed by atoms with Crippen LogP contribution < -0.4 is 10.9 Å². The van der Waals surface area contributed by atoms with Crippen molar-refractivity contribution in [3.8, 4) is 0 Å². The fourth-order valence-corrected chi connectivity index (χ4v) is 4.10. The third-order valence-electron chi connectivity index (χ3n) is 5.53. The lowest BCUT2D eigenvalue weighted by Gasteiger charge is -2.49. The maximum absolute atomic E-state index is 12.3. The highest BCUT2D eigenvalue weighted by Crippen LogP contribution is 2.44. The lowest BCUT2D eigenvalue weighted by molar-refractivity contribution is -0.414. The van der Waals surface area contributed by atoms with Gasteiger partial charge in [0.05, 0.1) is 0 Å². The van der Waals surface area contributed by atoms with Gasteiger partial charge in [-0.1, -0.05) is 0 Å². The second-order valence-electron chi connectivity index (χ2n) is 7.13. The first kappa shape index (κ1) is 16.7. The summed E-state index contributed by atoms with van der Waals surface area (Å²) in [5.74, 6) is 0. The molecule has 2 aliphatic rings. The number of hydrogen-bond donors (Lipinski definition) is 1. The Bertz CT molecular complexity index is 792. The van der Waals surface area contributed by atoms with Gasteiger partial charge in [0.15, 0.2) is 12.6 Å². The number of aryl methyl sites for hydroxylation is 1. The number of rotatable bonds is 5. The zero-order valence-electron chi connectivity index (χ0n) is 14.6. The Morgan fingerprint density at radius 3 is 2.84 bits per heavy atom. The monoisotopic (exact) mass is 343 g/mol. The summed E-state index contributed by atoms with van der Waals surface area (Å²) in [5.41, 5.74) is 0.828. The number of piperidine rings is 1. The van der Waals surface area contributed by atoms with Gasteiger partial charge < -0.3 is 14.8 Å². The molecule has 0 unspecified atom stereocenters. The lowest BCUT2D eigenvalue weighted by atomic mass is 9.74. The topological polar surface area (TPSA) is 65.4 Å². The summed E-state index contributed by atoms with van der Waals surface area (Å²) < 4.78 is 13.5. The van der Waals surface area contributed by atoms with Crippen LogP contribution in [0.4, 0.5) is 0 Å². The van der Waals surface area contributed by atoms with Crippen molar-refractivity contribution in [3.05, 3.63) is 40.8 Å². The van der Waals surface area contributed by atoms with Gasteiger partial charge in [-0.3, -0.25) is 9.36 Å². The second kappa shape index (κ2) is 6.86. The first-order valence-corrected chi connectivity index (χ1v) is 9.14. The Balaban J connectivity index is 1.49. The fraction of sp³-hybridized carbons (Fsp3) is 0.579. The van der Waals surface area contributed by atoms with Crippen molar-refractivity contribution in [1.82, 2.24) is 14.9 Å². The minimum atomic E-state index is -0.105. The third kappa shape index (κ3) is 3.21. The first-order chi connectivity index (χ1) is 12.2. The molecule has 0 aromatic carbocycles. The summed E-state index contributed by atoms with van der Waals surface area (Å²) in [6, 6.07) is 7.36. The molecule has 0 bridgehead atoms. The molecule has 0 aliphatic carbocycles. The molecule has 6 nitrogen and oxygen atoms in total. The number of pyridine rings is 2. The zero-order valence-corrected chi connectivity index (χ0v) is 14.6. The number of ether oxygens (including phenoxy) is 2. The minimum absolute atomic E-state index is 0.00956. The Labute approximate surface area is 147 Å². The van der Waals surface area contributed by atoms with Gasteiger partial charge in [0.2, 0.25) is 0 Å². The molecule has 0 spiro atoms. The van der Waals surface area contributed by atoms with E-state index in [4.69, 9.17) is 9.47 Å². The van der Waals surface area contributed by atoms with E-state index in [0.717, 1.165) is 49.8 Å². The highest BCUT2D eigenvalue weighted by Gasteiger charge is 2.47. The Morgan fingerprint density at radius 1 is 1.28 bits per heavy atom. The van der Waals surface area contributed by atoms with Crippen LogP contribution >= 0.6 is 0 Å². The van der Waals surface area contributed by atoms with E-state index in [0.29, 0.717) is 6.54 Å². The van der Waals surface area contributed by atoms with Crippen LogP contribution in [0.15, 0.2) is 35.3 Å². The smallest absolute Gasteiger partial charge is 0.252 e. The van der Waals surface area contributed by atoms with E-state index in [-0.39, 0.29) is 23.6 Å². The highest BCUT2D eigenvalue weighted by molar-refractivity contribution is 5.74. The van der Waals surface area contributed by atoms with Gasteiger partial charge in [0.25, 0.3) is 5.56 Å². The third-order valence-corrected chi connectivity index (χ3v) is 5.53. The number of fused-ring (bicyclic) bond motifs is 1. The zero-order chi connectivity index (χ0) is 17.3. The molecule has 6 heteroatoms. The predicted molar refractivity (Wildman–Crippen MR) is 95.2 cm³/mol. The quantitative estimate of drug-likeness (QED) is 0.902. The molecule has 0 amide bonds. The summed E-state index contributed by atoms with van der Waals surface area (Å²) in [6.07, 6.45) is 5.53. The van der Waals surface area contributed by atoms with Gasteiger partial charge in [-0.2, -0.15) is 0 Å². The van der Waals surface area contributed by atoms with Gasteiger partial charge in [0.1, 0.15) is 5.65 Å². The van der Waals surface area contributed by atoms with Crippen LogP contribution in [0, 0.1) is 5.41 Å². The Morgan fingerprint density at radius 2 is 2.08 bits per heavy atom. The molecule has 0 radical (unpaired) electrons. The van der Waals surface area contributed by atoms with Crippen LogP contribution in [-0.2, 0) is 16.0 Å². The van der Waals surface area contributed by atoms with Gasteiger partial charge in [-0.15, -0.1) is 0 Å². The molecule has 2 aliphatic heterocycles. The second-order valence-corrected chi connectivity index (χ2v) is 7.13. The number of aromatic nitrogens is 2. The van der Waals surface area contributed by atoms with Gasteiger partial charge in [-0.25, -0.2) is 4.98 Å². The summed E-state index contributed by atoms with van der Waals surface area (Å²) in [7, 11) is 0. The van der Waals surface area contributed by atoms with E-state index in [9.17, 15) is 4.79 Å². The summed E-state index contributed by atoms with van der Waals surface area (Å²) >= 11 is 0. The molecule has 2 aromatic rings. The lowest BCUT2D eigenvalue weighted by Crippen LogP contribution is -2.54. The van der Waals surface area contributed by atoms with E-state index >= 15 is 0 Å². The van der Waals surface area contributed by atoms with Crippen LogP contribution in [0.2, 0.25) is 0 Å². The van der Waals surface area contributed by atoms with Crippen molar-refractivity contribution in [2.24, 2.45) is 5.41 Å². The van der Waals surface area contributed by atoms with Gasteiger partial charge in [0, 0.05) is 29.6 Å². The van der Waals surface area contributed by atoms with E-state index in [1.54, 1.807) is 16.8 Å². The average molecular weight is 343 g/mol. The largest absolute Gasteiger partial charge is 0.323 e. The van der Waals surface area contributed by atoms with E-state index < -0.39 is 0 Å². The highest BCUT2D eigenvalue weighted by atomic mass is 16.9. The van der Waals surface area contributed by atoms with Crippen molar-refractivity contribution in [2.75, 3.05) is 13.1 Å². The maximum atomic E-state index is 12.3. The van der Waals surface area contributed by atoms with Crippen LogP contribution in [0.1, 0.15) is 32.6 Å². The van der Waals surface area contributed by atoms with Crippen molar-refractivity contribution >= 4 is 11.0 Å². The van der Waals surface area contributed by atoms with Crippen LogP contribution in [-0.4, -0.2) is 35.2 Å². The summed E-state index contributed by atoms with van der Waals surface area (Å²) in [5, 5.41) is 4.42. The Kier molecular flexibility index (Phi) is 4.58. The number of nitrogens with one attached hydrogen (secondary N) is 1. The van der Waals surface area contributed by atoms with Crippen molar-refractivity contribution < 1.29 is 9.47 Å². The first-order valence-electron chi connectivity index (χ1n) is 9.14. The van der Waals surface area contributed by atoms with Gasteiger partial charge in [-0.05, 0) is 63.9 Å². The van der Waals surface area contributed by atoms with Crippen molar-refractivity contribution in [2.45, 2.75) is 51.7 Å². The number of nitrogens with zero attached hydrogens (tertiary/aromatic N) is 2. The molecule has 0 atom stereocenters. The molecule has 1 N–H and O–H groups in total. The van der Waals surface area contributed by atoms with E-state index in [1.165, 1.54) is 0 Å². The average Bonchev–Trinajstić information content (AvgIpc) is 2.62. The molecule has 0 saturated carbocycles. The van der Waals surface area contributed by atoms with E-state index in [1.807, 2.05) is 25.1 Å². The standard InChI is InChI=1S/C19H25N3O3/c1-14-24-18(25-14)19(8-11-20-12-9-19)7-3-13-22-16(23)6-5-15-4-2-10-21-17(15)22/h2,4-6,10,14,18,20H,3,7-9,11-13H2,1H3. The molecule has 4 rings (SSSR count). The molecule has 2 fully saturated rings. The fourth-order valence-electron chi connectivity index (χ4n) is 4.10. The predicted octanol–water partition coefficient (Wildman–Crippen LogP) is 2.27. The molecule has 2 saturated heterocycles. The van der Waals surface area contributed by atoms with Gasteiger partial charge >= 0.3 is 0 Å². The van der Waals surface area contributed by atoms with Crippen LogP contribution in [0.3, 0.4) is 0 Å². The molecule has 2 aromatic heterocycles. The molecular formula is C19H25N3O3. The normalized spacial score (nSPS) is 25.6. The molecule has 4 heterocycles. The summed E-state index contributed by atoms with van der Waals surface area (Å²) in [4.78, 5) is 16.7. The Hall–Kier alpha value is -1.76. The van der Waals surface area contributed by atoms with Crippen molar-refractivity contribution in [3.63, 3.8) is 0 Å². The van der Waals surface area contributed by atoms with Crippen LogP contribution in [0.25, 0.3) is 11.0 Å². The molecule has 25 heavy (non-hydrogen) atoms. The van der Waals surface area contributed by atoms with Crippen LogP contribution in [0.5, 0.6) is 0 Å². The molecular weight excluding hydrogens is 318 g/mol. The number of hydrogen-bond acceptors (Lipinski definition) is 5. The minimum Gasteiger partial charge on any atom is -0.323 e. The maximum Gasteiger partial charge on any atom is 0.252 e. The molecule has 134 valence electrons. The van der Waals surface area contributed by atoms with E-state index in [2.05, 4.69) is 10.3 Å².